The van der Waals surface area contributed by atoms with Gasteiger partial charge in [0, 0.05) is 25.7 Å². The van der Waals surface area contributed by atoms with Gasteiger partial charge in [-0.1, -0.05) is 6.92 Å². The highest BCUT2D eigenvalue weighted by molar-refractivity contribution is 5.97. The SMILES string of the molecule is CNC(=O)c1ccc(OC)c(NC(=O)NCCN2CCC(C)CC2)c1. The molecule has 1 aliphatic rings. The van der Waals surface area contributed by atoms with Gasteiger partial charge in [0.05, 0.1) is 12.8 Å². The lowest BCUT2D eigenvalue weighted by atomic mass is 9.99. The first-order valence-electron chi connectivity index (χ1n) is 8.70. The van der Waals surface area contributed by atoms with E-state index in [0.717, 1.165) is 25.6 Å². The summed E-state index contributed by atoms with van der Waals surface area (Å²) in [6.07, 6.45) is 2.44. The second-order valence-corrected chi connectivity index (χ2v) is 6.40. The number of likely N-dealkylation sites (tertiary alicyclic amines) is 1. The van der Waals surface area contributed by atoms with Crippen molar-refractivity contribution in [3.63, 3.8) is 0 Å². The van der Waals surface area contributed by atoms with Gasteiger partial charge in [0.15, 0.2) is 0 Å². The normalized spacial score (nSPS) is 15.5. The molecule has 0 spiro atoms. The quantitative estimate of drug-likeness (QED) is 0.733. The van der Waals surface area contributed by atoms with Gasteiger partial charge in [-0.15, -0.1) is 0 Å². The van der Waals surface area contributed by atoms with Gasteiger partial charge in [0.2, 0.25) is 0 Å². The highest BCUT2D eigenvalue weighted by Crippen LogP contribution is 2.25. The summed E-state index contributed by atoms with van der Waals surface area (Å²) < 4.78 is 5.24. The smallest absolute Gasteiger partial charge is 0.319 e. The Labute approximate surface area is 149 Å². The monoisotopic (exact) mass is 348 g/mol. The van der Waals surface area contributed by atoms with Crippen LogP contribution in [0.3, 0.4) is 0 Å². The van der Waals surface area contributed by atoms with Crippen LogP contribution in [0.4, 0.5) is 10.5 Å². The van der Waals surface area contributed by atoms with Crippen molar-refractivity contribution >= 4 is 17.6 Å². The maximum atomic E-state index is 12.1. The third-order valence-corrected chi connectivity index (χ3v) is 4.53. The topological polar surface area (TPSA) is 82.7 Å². The van der Waals surface area contributed by atoms with Crippen molar-refractivity contribution in [2.45, 2.75) is 19.8 Å². The van der Waals surface area contributed by atoms with E-state index in [1.165, 1.54) is 20.0 Å². The molecule has 138 valence electrons. The number of hydrogen-bond donors (Lipinski definition) is 3. The van der Waals surface area contributed by atoms with E-state index in [9.17, 15) is 9.59 Å². The van der Waals surface area contributed by atoms with Crippen molar-refractivity contribution in [1.82, 2.24) is 15.5 Å². The van der Waals surface area contributed by atoms with Gasteiger partial charge in [-0.05, 0) is 50.0 Å². The number of amides is 3. The Morgan fingerprint density at radius 3 is 2.64 bits per heavy atom. The summed E-state index contributed by atoms with van der Waals surface area (Å²) >= 11 is 0. The molecule has 7 nitrogen and oxygen atoms in total. The predicted octanol–water partition coefficient (Wildman–Crippen LogP) is 1.91. The zero-order valence-electron chi connectivity index (χ0n) is 15.2. The van der Waals surface area contributed by atoms with Crippen LogP contribution in [0.1, 0.15) is 30.1 Å². The Kier molecular flexibility index (Phi) is 7.06. The highest BCUT2D eigenvalue weighted by atomic mass is 16.5. The first kappa shape index (κ1) is 19.1. The van der Waals surface area contributed by atoms with Crippen LogP contribution in [0.25, 0.3) is 0 Å². The molecule has 1 fully saturated rings. The molecular formula is C18H28N4O3. The second kappa shape index (κ2) is 9.27. The second-order valence-electron chi connectivity index (χ2n) is 6.40. The molecule has 3 N–H and O–H groups in total. The summed E-state index contributed by atoms with van der Waals surface area (Å²) in [6.45, 7) is 5.88. The van der Waals surface area contributed by atoms with Crippen molar-refractivity contribution in [2.24, 2.45) is 5.92 Å². The number of benzene rings is 1. The number of hydrogen-bond acceptors (Lipinski definition) is 4. The lowest BCUT2D eigenvalue weighted by molar-refractivity contribution is 0.0963. The molecule has 7 heteroatoms. The summed E-state index contributed by atoms with van der Waals surface area (Å²) in [4.78, 5) is 26.2. The molecule has 1 aromatic carbocycles. The summed E-state index contributed by atoms with van der Waals surface area (Å²) in [5, 5.41) is 8.17. The summed E-state index contributed by atoms with van der Waals surface area (Å²) in [6, 6.07) is 4.61. The third-order valence-electron chi connectivity index (χ3n) is 4.53. The minimum atomic E-state index is -0.308. The van der Waals surface area contributed by atoms with Crippen LogP contribution in [0.2, 0.25) is 0 Å². The van der Waals surface area contributed by atoms with Gasteiger partial charge in [-0.25, -0.2) is 4.79 Å². The highest BCUT2D eigenvalue weighted by Gasteiger charge is 2.16. The van der Waals surface area contributed by atoms with E-state index in [0.29, 0.717) is 23.5 Å². The van der Waals surface area contributed by atoms with Crippen LogP contribution in [0.15, 0.2) is 18.2 Å². The Hall–Kier alpha value is -2.28. The van der Waals surface area contributed by atoms with Crippen molar-refractivity contribution in [2.75, 3.05) is 45.7 Å². The number of nitrogens with zero attached hydrogens (tertiary/aromatic N) is 1. The van der Waals surface area contributed by atoms with Gasteiger partial charge in [0.25, 0.3) is 5.91 Å². The molecule has 1 saturated heterocycles. The Morgan fingerprint density at radius 2 is 2.00 bits per heavy atom. The fourth-order valence-corrected chi connectivity index (χ4v) is 2.87. The predicted molar refractivity (Wildman–Crippen MR) is 98.2 cm³/mol. The van der Waals surface area contributed by atoms with Crippen LogP contribution < -0.4 is 20.7 Å². The van der Waals surface area contributed by atoms with Crippen LogP contribution >= 0.6 is 0 Å². The van der Waals surface area contributed by atoms with Crippen LogP contribution in [0.5, 0.6) is 5.75 Å². The molecular weight excluding hydrogens is 320 g/mol. The van der Waals surface area contributed by atoms with Crippen molar-refractivity contribution in [3.05, 3.63) is 23.8 Å². The van der Waals surface area contributed by atoms with Crippen molar-refractivity contribution in [1.29, 1.82) is 0 Å². The average molecular weight is 348 g/mol. The zero-order valence-corrected chi connectivity index (χ0v) is 15.2. The summed E-state index contributed by atoms with van der Waals surface area (Å²) in [7, 11) is 3.09. The van der Waals surface area contributed by atoms with Gasteiger partial charge >= 0.3 is 6.03 Å². The summed E-state index contributed by atoms with van der Waals surface area (Å²) in [5.41, 5.74) is 0.925. The number of urea groups is 1. The largest absolute Gasteiger partial charge is 0.495 e. The van der Waals surface area contributed by atoms with Crippen LogP contribution in [0, 0.1) is 5.92 Å². The number of nitrogens with one attached hydrogen (secondary N) is 3. The molecule has 25 heavy (non-hydrogen) atoms. The van der Waals surface area contributed by atoms with Gasteiger partial charge in [0.1, 0.15) is 5.75 Å². The molecule has 1 heterocycles. The van der Waals surface area contributed by atoms with E-state index in [4.69, 9.17) is 4.74 Å². The molecule has 0 aliphatic carbocycles. The standard InChI is InChI=1S/C18H28N4O3/c1-13-6-9-22(10-7-13)11-8-20-18(24)21-15-12-14(17(23)19-2)4-5-16(15)25-3/h4-5,12-13H,6-11H2,1-3H3,(H,19,23)(H2,20,21,24). The summed E-state index contributed by atoms with van der Waals surface area (Å²) in [5.74, 6) is 1.09. The molecule has 0 unspecified atom stereocenters. The third kappa shape index (κ3) is 5.63. The average Bonchev–Trinajstić information content (AvgIpc) is 2.62. The number of anilines is 1. The van der Waals surface area contributed by atoms with E-state index >= 15 is 0 Å². The lowest BCUT2D eigenvalue weighted by Gasteiger charge is -2.30. The fraction of sp³-hybridized carbons (Fsp3) is 0.556. The number of methoxy groups -OCH3 is 1. The minimum absolute atomic E-state index is 0.217. The van der Waals surface area contributed by atoms with Crippen LogP contribution in [-0.4, -0.2) is 57.2 Å². The van der Waals surface area contributed by atoms with Gasteiger partial charge in [-0.2, -0.15) is 0 Å². The number of carbonyl (C=O) groups excluding carboxylic acids is 2. The molecule has 0 bridgehead atoms. The van der Waals surface area contributed by atoms with E-state index in [-0.39, 0.29) is 11.9 Å². The van der Waals surface area contributed by atoms with Gasteiger partial charge in [-0.3, -0.25) is 4.79 Å². The molecule has 1 aromatic rings. The Balaban J connectivity index is 1.85. The van der Waals surface area contributed by atoms with E-state index < -0.39 is 0 Å². The molecule has 0 aromatic heterocycles. The van der Waals surface area contributed by atoms with Crippen LogP contribution in [-0.2, 0) is 0 Å². The number of ether oxygens (including phenoxy) is 1. The van der Waals surface area contributed by atoms with E-state index in [1.807, 2.05) is 0 Å². The fourth-order valence-electron chi connectivity index (χ4n) is 2.87. The molecule has 1 aliphatic heterocycles. The van der Waals surface area contributed by atoms with Crippen molar-refractivity contribution in [3.8, 4) is 5.75 Å². The maximum absolute atomic E-state index is 12.1. The molecule has 3 amide bonds. The molecule has 2 rings (SSSR count). The molecule has 0 atom stereocenters. The Bertz CT molecular complexity index is 598. The number of carbonyl (C=O) groups is 2. The van der Waals surface area contributed by atoms with Crippen molar-refractivity contribution < 1.29 is 14.3 Å². The number of piperidine rings is 1. The minimum Gasteiger partial charge on any atom is -0.495 e. The lowest BCUT2D eigenvalue weighted by Crippen LogP contribution is -2.40. The first-order chi connectivity index (χ1) is 12.0. The first-order valence-corrected chi connectivity index (χ1v) is 8.70. The zero-order chi connectivity index (χ0) is 18.2. The van der Waals surface area contributed by atoms with E-state index in [2.05, 4.69) is 27.8 Å². The maximum Gasteiger partial charge on any atom is 0.319 e. The van der Waals surface area contributed by atoms with Gasteiger partial charge < -0.3 is 25.6 Å². The number of rotatable bonds is 6. The molecule has 0 radical (unpaired) electrons. The molecule has 0 saturated carbocycles. The Morgan fingerprint density at radius 1 is 1.28 bits per heavy atom. The van der Waals surface area contributed by atoms with E-state index in [1.54, 1.807) is 25.2 Å².